The van der Waals surface area contributed by atoms with Gasteiger partial charge in [0, 0.05) is 13.2 Å². The van der Waals surface area contributed by atoms with E-state index in [0.29, 0.717) is 12.2 Å². The minimum absolute atomic E-state index is 0.137. The molecule has 17 heavy (non-hydrogen) atoms. The van der Waals surface area contributed by atoms with Gasteiger partial charge in [-0.05, 0) is 12.1 Å². The number of aromatic nitrogens is 5. The molecule has 0 aliphatic carbocycles. The lowest BCUT2D eigenvalue weighted by Gasteiger charge is -1.99. The van der Waals surface area contributed by atoms with Crippen LogP contribution in [0, 0.1) is 0 Å². The molecule has 0 amide bonds. The molecular formula is C11H11N5O. The van der Waals surface area contributed by atoms with E-state index in [9.17, 15) is 4.79 Å². The number of rotatable bonds is 2. The SMILES string of the molecule is Cn1cncc1Cn1nc2ccccn2c1=O. The van der Waals surface area contributed by atoms with Crippen LogP contribution in [-0.4, -0.2) is 23.7 Å². The fourth-order valence-electron chi connectivity index (χ4n) is 1.76. The van der Waals surface area contributed by atoms with Gasteiger partial charge >= 0.3 is 5.69 Å². The van der Waals surface area contributed by atoms with Gasteiger partial charge in [-0.15, -0.1) is 5.10 Å². The van der Waals surface area contributed by atoms with Crippen LogP contribution in [0.25, 0.3) is 5.65 Å². The Morgan fingerprint density at radius 2 is 2.24 bits per heavy atom. The van der Waals surface area contributed by atoms with Gasteiger partial charge in [0.15, 0.2) is 5.65 Å². The fourth-order valence-corrected chi connectivity index (χ4v) is 1.76. The first kappa shape index (κ1) is 9.83. The van der Waals surface area contributed by atoms with Crippen molar-refractivity contribution < 1.29 is 0 Å². The van der Waals surface area contributed by atoms with E-state index in [2.05, 4.69) is 10.1 Å². The Hall–Kier alpha value is -2.37. The molecule has 0 aliphatic heterocycles. The summed E-state index contributed by atoms with van der Waals surface area (Å²) in [6.45, 7) is 0.428. The van der Waals surface area contributed by atoms with E-state index in [1.165, 1.54) is 9.08 Å². The summed E-state index contributed by atoms with van der Waals surface area (Å²) in [6.07, 6.45) is 5.15. The van der Waals surface area contributed by atoms with Crippen LogP contribution in [0.3, 0.4) is 0 Å². The van der Waals surface area contributed by atoms with Crippen molar-refractivity contribution in [2.24, 2.45) is 7.05 Å². The van der Waals surface area contributed by atoms with E-state index in [-0.39, 0.29) is 5.69 Å². The summed E-state index contributed by atoms with van der Waals surface area (Å²) in [5.74, 6) is 0. The van der Waals surface area contributed by atoms with Crippen molar-refractivity contribution >= 4 is 5.65 Å². The van der Waals surface area contributed by atoms with Crippen LogP contribution in [0.1, 0.15) is 5.69 Å². The molecule has 0 atom stereocenters. The summed E-state index contributed by atoms with van der Waals surface area (Å²) in [5.41, 5.74) is 1.46. The topological polar surface area (TPSA) is 57.1 Å². The number of aryl methyl sites for hydroxylation is 1. The van der Waals surface area contributed by atoms with E-state index in [4.69, 9.17) is 0 Å². The number of imidazole rings is 1. The van der Waals surface area contributed by atoms with E-state index in [1.54, 1.807) is 24.8 Å². The Morgan fingerprint density at radius 1 is 1.35 bits per heavy atom. The van der Waals surface area contributed by atoms with Crippen molar-refractivity contribution in [3.05, 3.63) is 53.1 Å². The quantitative estimate of drug-likeness (QED) is 0.634. The predicted octanol–water partition coefficient (Wildman–Crippen LogP) is 0.278. The first-order valence-electron chi connectivity index (χ1n) is 5.25. The molecule has 0 aromatic carbocycles. The maximum Gasteiger partial charge on any atom is 0.350 e. The van der Waals surface area contributed by atoms with Gasteiger partial charge in [0.2, 0.25) is 0 Å². The molecule has 0 unspecified atom stereocenters. The van der Waals surface area contributed by atoms with Crippen LogP contribution in [0.5, 0.6) is 0 Å². The van der Waals surface area contributed by atoms with Crippen LogP contribution in [0.4, 0.5) is 0 Å². The number of pyridine rings is 1. The lowest BCUT2D eigenvalue weighted by molar-refractivity contribution is 0.626. The van der Waals surface area contributed by atoms with Crippen molar-refractivity contribution in [2.75, 3.05) is 0 Å². The molecule has 0 radical (unpaired) electrons. The second kappa shape index (κ2) is 3.58. The van der Waals surface area contributed by atoms with Gasteiger partial charge in [-0.25, -0.2) is 14.5 Å². The van der Waals surface area contributed by atoms with Crippen LogP contribution < -0.4 is 5.69 Å². The van der Waals surface area contributed by atoms with Gasteiger partial charge in [-0.3, -0.25) is 4.40 Å². The fraction of sp³-hybridized carbons (Fsp3) is 0.182. The lowest BCUT2D eigenvalue weighted by Crippen LogP contribution is -2.22. The maximum absolute atomic E-state index is 12.0. The van der Waals surface area contributed by atoms with E-state index < -0.39 is 0 Å². The summed E-state index contributed by atoms with van der Waals surface area (Å²) in [7, 11) is 1.89. The lowest BCUT2D eigenvalue weighted by atomic mass is 10.5. The highest BCUT2D eigenvalue weighted by atomic mass is 16.2. The third kappa shape index (κ3) is 1.54. The largest absolute Gasteiger partial charge is 0.350 e. The molecule has 86 valence electrons. The second-order valence-corrected chi connectivity index (χ2v) is 3.86. The van der Waals surface area contributed by atoms with Crippen molar-refractivity contribution in [2.45, 2.75) is 6.54 Å². The normalized spacial score (nSPS) is 11.1. The molecule has 3 heterocycles. The zero-order valence-electron chi connectivity index (χ0n) is 9.32. The molecule has 0 saturated heterocycles. The third-order valence-corrected chi connectivity index (χ3v) is 2.72. The molecule has 3 aromatic rings. The van der Waals surface area contributed by atoms with Gasteiger partial charge in [0.1, 0.15) is 0 Å². The Bertz CT molecular complexity index is 721. The highest BCUT2D eigenvalue weighted by Gasteiger charge is 2.07. The van der Waals surface area contributed by atoms with Gasteiger partial charge in [0.25, 0.3) is 0 Å². The Balaban J connectivity index is 2.10. The molecule has 0 bridgehead atoms. The average Bonchev–Trinajstić information content (AvgIpc) is 2.87. The molecule has 6 nitrogen and oxygen atoms in total. The van der Waals surface area contributed by atoms with E-state index in [1.807, 2.05) is 23.7 Å². The zero-order chi connectivity index (χ0) is 11.8. The minimum atomic E-state index is -0.137. The van der Waals surface area contributed by atoms with Crippen LogP contribution in [0.15, 0.2) is 41.7 Å². The Kier molecular flexibility index (Phi) is 2.07. The standard InChI is InChI=1S/C11H11N5O/c1-14-8-12-6-9(14)7-16-11(17)15-5-3-2-4-10(15)13-16/h2-6,8H,7H2,1H3. The van der Waals surface area contributed by atoms with E-state index in [0.717, 1.165) is 5.69 Å². The van der Waals surface area contributed by atoms with Crippen LogP contribution in [0.2, 0.25) is 0 Å². The number of fused-ring (bicyclic) bond motifs is 1. The zero-order valence-corrected chi connectivity index (χ0v) is 9.32. The highest BCUT2D eigenvalue weighted by Crippen LogP contribution is 2.00. The first-order valence-corrected chi connectivity index (χ1v) is 5.25. The Labute approximate surface area is 96.8 Å². The molecule has 0 fully saturated rings. The van der Waals surface area contributed by atoms with Crippen molar-refractivity contribution in [1.82, 2.24) is 23.7 Å². The summed E-state index contributed by atoms with van der Waals surface area (Å²) in [4.78, 5) is 16.0. The monoisotopic (exact) mass is 229 g/mol. The summed E-state index contributed by atoms with van der Waals surface area (Å²) in [6, 6.07) is 5.47. The maximum atomic E-state index is 12.0. The molecule has 6 heteroatoms. The highest BCUT2D eigenvalue weighted by molar-refractivity contribution is 5.35. The van der Waals surface area contributed by atoms with Crippen LogP contribution >= 0.6 is 0 Å². The molecule has 0 spiro atoms. The Morgan fingerprint density at radius 3 is 2.94 bits per heavy atom. The number of nitrogens with zero attached hydrogens (tertiary/aromatic N) is 5. The van der Waals surface area contributed by atoms with Crippen molar-refractivity contribution in [1.29, 1.82) is 0 Å². The molecule has 3 rings (SSSR count). The van der Waals surface area contributed by atoms with Crippen molar-refractivity contribution in [3.8, 4) is 0 Å². The van der Waals surface area contributed by atoms with Gasteiger partial charge in [-0.1, -0.05) is 6.07 Å². The average molecular weight is 229 g/mol. The smallest absolute Gasteiger partial charge is 0.336 e. The molecule has 0 saturated carbocycles. The van der Waals surface area contributed by atoms with Crippen molar-refractivity contribution in [3.63, 3.8) is 0 Å². The predicted molar refractivity (Wildman–Crippen MR) is 61.8 cm³/mol. The van der Waals surface area contributed by atoms with Gasteiger partial charge in [-0.2, -0.15) is 0 Å². The number of hydrogen-bond donors (Lipinski definition) is 0. The summed E-state index contributed by atoms with van der Waals surface area (Å²) < 4.78 is 4.83. The summed E-state index contributed by atoms with van der Waals surface area (Å²) >= 11 is 0. The van der Waals surface area contributed by atoms with E-state index >= 15 is 0 Å². The summed E-state index contributed by atoms with van der Waals surface area (Å²) in [5, 5.41) is 4.25. The van der Waals surface area contributed by atoms with Crippen LogP contribution in [-0.2, 0) is 13.6 Å². The third-order valence-electron chi connectivity index (χ3n) is 2.72. The molecule has 0 aliphatic rings. The molecule has 3 aromatic heterocycles. The number of hydrogen-bond acceptors (Lipinski definition) is 3. The second-order valence-electron chi connectivity index (χ2n) is 3.86. The minimum Gasteiger partial charge on any atom is -0.336 e. The van der Waals surface area contributed by atoms with Gasteiger partial charge in [0.05, 0.1) is 24.8 Å². The molecule has 0 N–H and O–H groups in total. The van der Waals surface area contributed by atoms with Gasteiger partial charge < -0.3 is 4.57 Å². The first-order chi connectivity index (χ1) is 8.25. The molecular weight excluding hydrogens is 218 g/mol.